The quantitative estimate of drug-likeness (QED) is 0.393. The van der Waals surface area contributed by atoms with Crippen LogP contribution in [0.25, 0.3) is 0 Å². The second-order valence-electron chi connectivity index (χ2n) is 8.25. The molecule has 3 heteroatoms. The lowest BCUT2D eigenvalue weighted by atomic mass is 9.93. The van der Waals surface area contributed by atoms with Gasteiger partial charge in [-0.25, -0.2) is 0 Å². The van der Waals surface area contributed by atoms with Crippen LogP contribution in [0.4, 0.5) is 0 Å². The van der Waals surface area contributed by atoms with Crippen LogP contribution in [0.15, 0.2) is 0 Å². The highest BCUT2D eigenvalue weighted by Crippen LogP contribution is 2.24. The lowest BCUT2D eigenvalue weighted by Gasteiger charge is -2.37. The first-order valence-electron chi connectivity index (χ1n) is 11.3. The molecule has 0 aliphatic heterocycles. The van der Waals surface area contributed by atoms with Crippen molar-refractivity contribution in [2.24, 2.45) is 0 Å². The van der Waals surface area contributed by atoms with Crippen LogP contribution in [0, 0.1) is 0 Å². The van der Waals surface area contributed by atoms with Crippen LogP contribution in [0.2, 0.25) is 0 Å². The van der Waals surface area contributed by atoms with E-state index in [0.29, 0.717) is 6.04 Å². The van der Waals surface area contributed by atoms with E-state index in [1.807, 2.05) is 0 Å². The molecular formula is C22H45NO2. The molecule has 0 spiro atoms. The Labute approximate surface area is 157 Å². The van der Waals surface area contributed by atoms with Crippen LogP contribution in [0.3, 0.4) is 0 Å². The maximum absolute atomic E-state index is 10.5. The molecule has 0 heterocycles. The van der Waals surface area contributed by atoms with Gasteiger partial charge in [-0.05, 0) is 25.7 Å². The smallest absolute Gasteiger partial charge is 0.0667 e. The van der Waals surface area contributed by atoms with Crippen LogP contribution in [-0.4, -0.2) is 46.5 Å². The van der Waals surface area contributed by atoms with Gasteiger partial charge in [0, 0.05) is 19.1 Å². The molecule has 0 aromatic heterocycles. The van der Waals surface area contributed by atoms with Gasteiger partial charge < -0.3 is 10.2 Å². The van der Waals surface area contributed by atoms with Crippen LogP contribution in [0.5, 0.6) is 0 Å². The minimum Gasteiger partial charge on any atom is -0.392 e. The summed E-state index contributed by atoms with van der Waals surface area (Å²) in [5.74, 6) is 0. The summed E-state index contributed by atoms with van der Waals surface area (Å²) in [6.07, 6.45) is 17.6. The van der Waals surface area contributed by atoms with Gasteiger partial charge in [-0.1, -0.05) is 84.5 Å². The molecule has 2 unspecified atom stereocenters. The molecule has 150 valence electrons. The highest BCUT2D eigenvalue weighted by Gasteiger charge is 2.24. The molecular weight excluding hydrogens is 310 g/mol. The van der Waals surface area contributed by atoms with E-state index in [-0.39, 0.29) is 12.2 Å². The standard InChI is InChI=1S/C22H45NO2/c1-3-5-7-12-16-21(24)18-23(20-14-10-9-11-15-20)19-22(25)17-13-8-6-4-2/h20-22,24-25H,3-19H2,1-2H3. The van der Waals surface area contributed by atoms with Crippen molar-refractivity contribution in [2.45, 2.75) is 128 Å². The van der Waals surface area contributed by atoms with E-state index in [0.717, 1.165) is 38.8 Å². The van der Waals surface area contributed by atoms with Gasteiger partial charge >= 0.3 is 0 Å². The molecule has 25 heavy (non-hydrogen) atoms. The van der Waals surface area contributed by atoms with Gasteiger partial charge in [-0.2, -0.15) is 0 Å². The number of hydrogen-bond donors (Lipinski definition) is 2. The number of hydrogen-bond acceptors (Lipinski definition) is 3. The molecule has 0 aromatic carbocycles. The highest BCUT2D eigenvalue weighted by molar-refractivity contribution is 4.80. The summed E-state index contributed by atoms with van der Waals surface area (Å²) < 4.78 is 0. The number of aliphatic hydroxyl groups excluding tert-OH is 2. The fourth-order valence-electron chi connectivity index (χ4n) is 4.16. The molecule has 2 atom stereocenters. The van der Waals surface area contributed by atoms with Crippen molar-refractivity contribution in [3.8, 4) is 0 Å². The van der Waals surface area contributed by atoms with Gasteiger partial charge in [0.2, 0.25) is 0 Å². The van der Waals surface area contributed by atoms with Crippen molar-refractivity contribution in [3.63, 3.8) is 0 Å². The summed E-state index contributed by atoms with van der Waals surface area (Å²) in [7, 11) is 0. The Morgan fingerprint density at radius 2 is 1.20 bits per heavy atom. The Bertz CT molecular complexity index is 272. The molecule has 0 saturated heterocycles. The van der Waals surface area contributed by atoms with E-state index in [2.05, 4.69) is 18.7 Å². The Hall–Kier alpha value is -0.120. The Morgan fingerprint density at radius 1 is 0.720 bits per heavy atom. The monoisotopic (exact) mass is 355 g/mol. The molecule has 0 radical (unpaired) electrons. The average Bonchev–Trinajstić information content (AvgIpc) is 2.62. The molecule has 1 saturated carbocycles. The Kier molecular flexibility index (Phi) is 13.7. The molecule has 1 fully saturated rings. The molecule has 0 bridgehead atoms. The molecule has 1 rings (SSSR count). The van der Waals surface area contributed by atoms with E-state index in [4.69, 9.17) is 0 Å². The fourth-order valence-corrected chi connectivity index (χ4v) is 4.16. The summed E-state index contributed by atoms with van der Waals surface area (Å²) in [5.41, 5.74) is 0. The SMILES string of the molecule is CCCCCCC(O)CN(CC(O)CCCCCC)C1CCCCC1. The minimum atomic E-state index is -0.230. The third kappa shape index (κ3) is 11.2. The lowest BCUT2D eigenvalue weighted by molar-refractivity contribution is 0.0281. The number of aliphatic hydroxyl groups is 2. The van der Waals surface area contributed by atoms with E-state index < -0.39 is 0 Å². The zero-order chi connectivity index (χ0) is 18.3. The second kappa shape index (κ2) is 15.0. The van der Waals surface area contributed by atoms with E-state index in [9.17, 15) is 10.2 Å². The van der Waals surface area contributed by atoms with E-state index >= 15 is 0 Å². The van der Waals surface area contributed by atoms with Gasteiger partial charge in [-0.3, -0.25) is 4.90 Å². The molecule has 1 aliphatic rings. The molecule has 0 aromatic rings. The van der Waals surface area contributed by atoms with Crippen molar-refractivity contribution < 1.29 is 10.2 Å². The summed E-state index contributed by atoms with van der Waals surface area (Å²) in [6, 6.07) is 0.573. The first-order chi connectivity index (χ1) is 12.2. The maximum Gasteiger partial charge on any atom is 0.0667 e. The van der Waals surface area contributed by atoms with Crippen molar-refractivity contribution in [2.75, 3.05) is 13.1 Å². The third-order valence-corrected chi connectivity index (χ3v) is 5.76. The van der Waals surface area contributed by atoms with Crippen LogP contribution in [0.1, 0.15) is 110 Å². The topological polar surface area (TPSA) is 43.7 Å². The van der Waals surface area contributed by atoms with Crippen molar-refractivity contribution in [3.05, 3.63) is 0 Å². The molecule has 3 nitrogen and oxygen atoms in total. The first-order valence-corrected chi connectivity index (χ1v) is 11.3. The third-order valence-electron chi connectivity index (χ3n) is 5.76. The average molecular weight is 356 g/mol. The zero-order valence-corrected chi connectivity index (χ0v) is 17.1. The summed E-state index contributed by atoms with van der Waals surface area (Å²) in [6.45, 7) is 5.96. The van der Waals surface area contributed by atoms with Gasteiger partial charge in [0.05, 0.1) is 12.2 Å². The molecule has 0 amide bonds. The summed E-state index contributed by atoms with van der Waals surface area (Å²) in [5, 5.41) is 21.0. The zero-order valence-electron chi connectivity index (χ0n) is 17.1. The summed E-state index contributed by atoms with van der Waals surface area (Å²) >= 11 is 0. The van der Waals surface area contributed by atoms with Gasteiger partial charge in [-0.15, -0.1) is 0 Å². The Morgan fingerprint density at radius 3 is 1.64 bits per heavy atom. The normalized spacial score (nSPS) is 18.6. The lowest BCUT2D eigenvalue weighted by Crippen LogP contribution is -2.45. The Balaban J connectivity index is 2.39. The van der Waals surface area contributed by atoms with Gasteiger partial charge in [0.15, 0.2) is 0 Å². The first kappa shape index (κ1) is 22.9. The fraction of sp³-hybridized carbons (Fsp3) is 1.00. The van der Waals surface area contributed by atoms with Crippen LogP contribution in [-0.2, 0) is 0 Å². The van der Waals surface area contributed by atoms with Crippen LogP contribution < -0.4 is 0 Å². The largest absolute Gasteiger partial charge is 0.392 e. The van der Waals surface area contributed by atoms with Gasteiger partial charge in [0.1, 0.15) is 0 Å². The predicted octanol–water partition coefficient (Wildman–Crippen LogP) is 5.28. The number of nitrogens with zero attached hydrogens (tertiary/aromatic N) is 1. The van der Waals surface area contributed by atoms with E-state index in [1.165, 1.54) is 70.6 Å². The second-order valence-corrected chi connectivity index (χ2v) is 8.25. The number of rotatable bonds is 15. The van der Waals surface area contributed by atoms with Gasteiger partial charge in [0.25, 0.3) is 0 Å². The number of unbranched alkanes of at least 4 members (excludes halogenated alkanes) is 6. The predicted molar refractivity (Wildman–Crippen MR) is 108 cm³/mol. The minimum absolute atomic E-state index is 0.230. The van der Waals surface area contributed by atoms with Crippen molar-refractivity contribution >= 4 is 0 Å². The van der Waals surface area contributed by atoms with Crippen molar-refractivity contribution in [1.82, 2.24) is 4.90 Å². The maximum atomic E-state index is 10.5. The summed E-state index contributed by atoms with van der Waals surface area (Å²) in [4.78, 5) is 2.42. The highest BCUT2D eigenvalue weighted by atomic mass is 16.3. The van der Waals surface area contributed by atoms with E-state index in [1.54, 1.807) is 0 Å². The van der Waals surface area contributed by atoms with Crippen molar-refractivity contribution in [1.29, 1.82) is 0 Å². The molecule has 2 N–H and O–H groups in total. The van der Waals surface area contributed by atoms with Crippen LogP contribution >= 0.6 is 0 Å². The molecule has 1 aliphatic carbocycles.